The van der Waals surface area contributed by atoms with Crippen LogP contribution in [0, 0.1) is 5.41 Å². The number of urea groups is 1. The maximum atomic E-state index is 11.8. The van der Waals surface area contributed by atoms with E-state index in [0.29, 0.717) is 32.4 Å². The lowest BCUT2D eigenvalue weighted by molar-refractivity contribution is -0.152. The van der Waals surface area contributed by atoms with Gasteiger partial charge in [-0.3, -0.25) is 4.79 Å². The number of carbonyl (C=O) groups is 2. The summed E-state index contributed by atoms with van der Waals surface area (Å²) in [4.78, 5) is 24.9. The van der Waals surface area contributed by atoms with Crippen LogP contribution in [0.5, 0.6) is 0 Å². The SMILES string of the molecule is CCCC1(C(=O)O)CCN(C(=O)NC(C)C)CC1. The van der Waals surface area contributed by atoms with E-state index in [2.05, 4.69) is 5.32 Å². The van der Waals surface area contributed by atoms with Gasteiger partial charge in [0, 0.05) is 19.1 Å². The molecule has 1 rings (SSSR count). The van der Waals surface area contributed by atoms with Crippen LogP contribution in [0.3, 0.4) is 0 Å². The van der Waals surface area contributed by atoms with Crippen molar-refractivity contribution in [2.45, 2.75) is 52.5 Å². The quantitative estimate of drug-likeness (QED) is 0.809. The van der Waals surface area contributed by atoms with Gasteiger partial charge in [0.1, 0.15) is 0 Å². The minimum atomic E-state index is -0.715. The molecular formula is C13H24N2O3. The highest BCUT2D eigenvalue weighted by Crippen LogP contribution is 2.36. The summed E-state index contributed by atoms with van der Waals surface area (Å²) >= 11 is 0. The zero-order valence-corrected chi connectivity index (χ0v) is 11.5. The summed E-state index contributed by atoms with van der Waals surface area (Å²) in [6, 6.07) is 0.0276. The molecule has 1 heterocycles. The van der Waals surface area contributed by atoms with E-state index in [4.69, 9.17) is 0 Å². The molecule has 104 valence electrons. The van der Waals surface area contributed by atoms with Crippen LogP contribution in [0.25, 0.3) is 0 Å². The van der Waals surface area contributed by atoms with Gasteiger partial charge in [0.15, 0.2) is 0 Å². The maximum Gasteiger partial charge on any atom is 0.317 e. The van der Waals surface area contributed by atoms with Gasteiger partial charge in [-0.05, 0) is 33.1 Å². The highest BCUT2D eigenvalue weighted by molar-refractivity contribution is 5.77. The number of rotatable bonds is 4. The first-order valence-corrected chi connectivity index (χ1v) is 6.70. The number of carbonyl (C=O) groups excluding carboxylic acids is 1. The predicted octanol–water partition coefficient (Wildman–Crippen LogP) is 2.07. The van der Waals surface area contributed by atoms with Crippen molar-refractivity contribution in [2.24, 2.45) is 5.41 Å². The Morgan fingerprint density at radius 2 is 1.89 bits per heavy atom. The van der Waals surface area contributed by atoms with E-state index < -0.39 is 11.4 Å². The van der Waals surface area contributed by atoms with E-state index in [0.717, 1.165) is 6.42 Å². The Kier molecular flexibility index (Phi) is 4.99. The van der Waals surface area contributed by atoms with Gasteiger partial charge in [0.25, 0.3) is 0 Å². The van der Waals surface area contributed by atoms with Crippen LogP contribution < -0.4 is 5.32 Å². The Bertz CT molecular complexity index is 307. The Balaban J connectivity index is 2.58. The first-order chi connectivity index (χ1) is 8.41. The van der Waals surface area contributed by atoms with Crippen molar-refractivity contribution in [2.75, 3.05) is 13.1 Å². The van der Waals surface area contributed by atoms with Crippen molar-refractivity contribution in [1.29, 1.82) is 0 Å². The lowest BCUT2D eigenvalue weighted by Crippen LogP contribution is -2.50. The maximum absolute atomic E-state index is 11.8. The molecule has 1 aliphatic rings. The van der Waals surface area contributed by atoms with E-state index in [-0.39, 0.29) is 12.1 Å². The summed E-state index contributed by atoms with van der Waals surface area (Å²) < 4.78 is 0. The van der Waals surface area contributed by atoms with Gasteiger partial charge in [-0.25, -0.2) is 4.79 Å². The molecule has 0 bridgehead atoms. The lowest BCUT2D eigenvalue weighted by Gasteiger charge is -2.39. The number of nitrogens with zero attached hydrogens (tertiary/aromatic N) is 1. The number of aliphatic carboxylic acids is 1. The van der Waals surface area contributed by atoms with Gasteiger partial charge >= 0.3 is 12.0 Å². The lowest BCUT2D eigenvalue weighted by atomic mass is 9.75. The molecule has 2 amide bonds. The van der Waals surface area contributed by atoms with Gasteiger partial charge in [0.2, 0.25) is 0 Å². The van der Waals surface area contributed by atoms with Gasteiger partial charge < -0.3 is 15.3 Å². The molecule has 1 aliphatic heterocycles. The van der Waals surface area contributed by atoms with Gasteiger partial charge in [0.05, 0.1) is 5.41 Å². The third-order valence-electron chi connectivity index (χ3n) is 3.60. The summed E-state index contributed by atoms with van der Waals surface area (Å²) in [5, 5.41) is 12.2. The molecule has 0 atom stereocenters. The van der Waals surface area contributed by atoms with Gasteiger partial charge in [-0.2, -0.15) is 0 Å². The van der Waals surface area contributed by atoms with E-state index in [1.165, 1.54) is 0 Å². The van der Waals surface area contributed by atoms with E-state index in [1.54, 1.807) is 4.90 Å². The molecule has 5 nitrogen and oxygen atoms in total. The zero-order valence-electron chi connectivity index (χ0n) is 11.5. The molecule has 1 saturated heterocycles. The highest BCUT2D eigenvalue weighted by atomic mass is 16.4. The molecule has 0 saturated carbocycles. The van der Waals surface area contributed by atoms with Crippen LogP contribution in [-0.4, -0.2) is 41.1 Å². The second-order valence-electron chi connectivity index (χ2n) is 5.43. The van der Waals surface area contributed by atoms with Crippen LogP contribution >= 0.6 is 0 Å². The number of nitrogens with one attached hydrogen (secondary N) is 1. The minimum absolute atomic E-state index is 0.0829. The summed E-state index contributed by atoms with van der Waals surface area (Å²) in [5.74, 6) is -0.715. The second kappa shape index (κ2) is 6.07. The van der Waals surface area contributed by atoms with Crippen LogP contribution in [0.1, 0.15) is 46.5 Å². The average Bonchev–Trinajstić information content (AvgIpc) is 2.29. The van der Waals surface area contributed by atoms with Crippen LogP contribution in [-0.2, 0) is 4.79 Å². The molecular weight excluding hydrogens is 232 g/mol. The minimum Gasteiger partial charge on any atom is -0.481 e. The average molecular weight is 256 g/mol. The third kappa shape index (κ3) is 3.37. The van der Waals surface area contributed by atoms with Crippen LogP contribution in [0.2, 0.25) is 0 Å². The standard InChI is InChI=1S/C13H24N2O3/c1-4-5-13(11(16)17)6-8-15(9-7-13)12(18)14-10(2)3/h10H,4-9H2,1-3H3,(H,14,18)(H,16,17). The molecule has 0 spiro atoms. The molecule has 0 aromatic rings. The topological polar surface area (TPSA) is 69.6 Å². The number of hydrogen-bond acceptors (Lipinski definition) is 2. The molecule has 0 aliphatic carbocycles. The third-order valence-corrected chi connectivity index (χ3v) is 3.60. The number of likely N-dealkylation sites (tertiary alicyclic amines) is 1. The number of piperidine rings is 1. The Labute approximate surface area is 109 Å². The van der Waals surface area contributed by atoms with Crippen molar-refractivity contribution in [3.05, 3.63) is 0 Å². The fourth-order valence-electron chi connectivity index (χ4n) is 2.53. The number of carboxylic acids is 1. The normalized spacial score (nSPS) is 18.8. The molecule has 18 heavy (non-hydrogen) atoms. The molecule has 2 N–H and O–H groups in total. The fraction of sp³-hybridized carbons (Fsp3) is 0.846. The summed E-state index contributed by atoms with van der Waals surface area (Å²) in [6.45, 7) is 6.90. The summed E-state index contributed by atoms with van der Waals surface area (Å²) in [6.07, 6.45) is 2.68. The van der Waals surface area contributed by atoms with E-state index in [9.17, 15) is 14.7 Å². The van der Waals surface area contributed by atoms with Crippen molar-refractivity contribution in [3.63, 3.8) is 0 Å². The Hall–Kier alpha value is -1.26. The highest BCUT2D eigenvalue weighted by Gasteiger charge is 2.41. The monoisotopic (exact) mass is 256 g/mol. The molecule has 1 fully saturated rings. The smallest absolute Gasteiger partial charge is 0.317 e. The van der Waals surface area contributed by atoms with E-state index >= 15 is 0 Å². The van der Waals surface area contributed by atoms with Crippen LogP contribution in [0.4, 0.5) is 4.79 Å². The zero-order chi connectivity index (χ0) is 13.8. The number of amides is 2. The molecule has 0 aromatic heterocycles. The first kappa shape index (κ1) is 14.8. The predicted molar refractivity (Wildman–Crippen MR) is 69.5 cm³/mol. The van der Waals surface area contributed by atoms with Crippen molar-refractivity contribution in [1.82, 2.24) is 10.2 Å². The summed E-state index contributed by atoms with van der Waals surface area (Å²) in [5.41, 5.74) is -0.622. The fourth-order valence-corrected chi connectivity index (χ4v) is 2.53. The Morgan fingerprint density at radius 3 is 2.28 bits per heavy atom. The molecule has 0 radical (unpaired) electrons. The van der Waals surface area contributed by atoms with Crippen molar-refractivity contribution < 1.29 is 14.7 Å². The Morgan fingerprint density at radius 1 is 1.33 bits per heavy atom. The first-order valence-electron chi connectivity index (χ1n) is 6.70. The molecule has 0 aromatic carbocycles. The second-order valence-corrected chi connectivity index (χ2v) is 5.43. The number of carboxylic acid groups (broad SMARTS) is 1. The molecule has 5 heteroatoms. The summed E-state index contributed by atoms with van der Waals surface area (Å²) in [7, 11) is 0. The van der Waals surface area contributed by atoms with Crippen molar-refractivity contribution >= 4 is 12.0 Å². The van der Waals surface area contributed by atoms with Crippen molar-refractivity contribution in [3.8, 4) is 0 Å². The van der Waals surface area contributed by atoms with E-state index in [1.807, 2.05) is 20.8 Å². The largest absolute Gasteiger partial charge is 0.481 e. The molecule has 0 unspecified atom stereocenters. The number of hydrogen-bond donors (Lipinski definition) is 2. The van der Waals surface area contributed by atoms with Gasteiger partial charge in [-0.1, -0.05) is 13.3 Å². The van der Waals surface area contributed by atoms with Crippen LogP contribution in [0.15, 0.2) is 0 Å². The van der Waals surface area contributed by atoms with Gasteiger partial charge in [-0.15, -0.1) is 0 Å².